The van der Waals surface area contributed by atoms with E-state index < -0.39 is 20.6 Å². The molecule has 1 aliphatic carbocycles. The van der Waals surface area contributed by atoms with Crippen molar-refractivity contribution in [3.05, 3.63) is 54.6 Å². The van der Waals surface area contributed by atoms with Crippen molar-refractivity contribution < 1.29 is 17.1 Å². The van der Waals surface area contributed by atoms with Crippen LogP contribution in [-0.2, 0) is 12.3 Å². The van der Waals surface area contributed by atoms with Gasteiger partial charge in [-0.3, -0.25) is 0 Å². The first kappa shape index (κ1) is 24.3. The second kappa shape index (κ2) is 11.4. The molecular formula is C20H25Cl4NOSiTi. The van der Waals surface area contributed by atoms with Gasteiger partial charge in [0.2, 0.25) is 8.24 Å². The molecule has 28 heavy (non-hydrogen) atoms. The van der Waals surface area contributed by atoms with E-state index in [2.05, 4.69) is 31.3 Å². The Balaban J connectivity index is 0.000000500. The standard InChI is InChI=1S/C20H25NOSi.4ClH.Ti/c1-23(2,21-17-11-5-3-6-12-17)20-16-10-9-15-19(20)22-18-13-7-4-8-14-18;;;;;/h4,7-10,13-16H,3,5-6,11-12H2,1-2H3;4*1H;/q;;;;;+4/p-4. The predicted molar refractivity (Wildman–Crippen MR) is 124 cm³/mol. The molecule has 152 valence electrons. The summed E-state index contributed by atoms with van der Waals surface area (Å²) >= 11 is -3.11. The summed E-state index contributed by atoms with van der Waals surface area (Å²) in [5.41, 5.74) is 1.42. The zero-order chi connectivity index (χ0) is 20.6. The second-order valence-electron chi connectivity index (χ2n) is 7.14. The van der Waals surface area contributed by atoms with Crippen LogP contribution in [0.5, 0.6) is 11.5 Å². The maximum absolute atomic E-state index is 6.15. The van der Waals surface area contributed by atoms with Gasteiger partial charge in [-0.05, 0) is 57.0 Å². The summed E-state index contributed by atoms with van der Waals surface area (Å²) < 4.78 is 11.4. The first-order valence-electron chi connectivity index (χ1n) is 9.31. The van der Waals surface area contributed by atoms with Gasteiger partial charge < -0.3 is 9.39 Å². The van der Waals surface area contributed by atoms with Crippen LogP contribution >= 0.6 is 37.2 Å². The van der Waals surface area contributed by atoms with Crippen LogP contribution in [-0.4, -0.2) is 13.9 Å². The second-order valence-corrected chi connectivity index (χ2v) is 26.5. The van der Waals surface area contributed by atoms with Crippen molar-refractivity contribution in [3.63, 3.8) is 0 Å². The Kier molecular flexibility index (Phi) is 9.89. The maximum atomic E-state index is 6.15. The Bertz CT molecular complexity index is 767. The van der Waals surface area contributed by atoms with Crippen molar-refractivity contribution in [1.29, 1.82) is 0 Å². The van der Waals surface area contributed by atoms with Crippen molar-refractivity contribution >= 4 is 56.4 Å². The van der Waals surface area contributed by atoms with Crippen molar-refractivity contribution in [2.45, 2.75) is 45.2 Å². The average Bonchev–Trinajstić information content (AvgIpc) is 2.62. The van der Waals surface area contributed by atoms with Crippen molar-refractivity contribution in [1.82, 2.24) is 0 Å². The van der Waals surface area contributed by atoms with Crippen LogP contribution in [0.1, 0.15) is 32.1 Å². The molecular weight excluding hydrogens is 488 g/mol. The molecule has 8 heteroatoms. The fraction of sp³-hybridized carbons (Fsp3) is 0.350. The van der Waals surface area contributed by atoms with Crippen molar-refractivity contribution in [2.24, 2.45) is 4.66 Å². The number of hydrogen-bond acceptors (Lipinski definition) is 2. The molecule has 3 rings (SSSR count). The Labute approximate surface area is 188 Å². The van der Waals surface area contributed by atoms with Gasteiger partial charge in [0.15, 0.2) is 0 Å². The van der Waals surface area contributed by atoms with Crippen LogP contribution in [0.25, 0.3) is 0 Å². The van der Waals surface area contributed by atoms with Crippen LogP contribution in [0.15, 0.2) is 59.3 Å². The molecule has 1 saturated carbocycles. The van der Waals surface area contributed by atoms with Gasteiger partial charge in [-0.1, -0.05) is 42.8 Å². The van der Waals surface area contributed by atoms with Gasteiger partial charge in [-0.25, -0.2) is 0 Å². The number of benzene rings is 2. The number of hydrogen-bond donors (Lipinski definition) is 0. The molecule has 0 spiro atoms. The number of nitrogens with zero attached hydrogens (tertiary/aromatic N) is 1. The average molecular weight is 513 g/mol. The third-order valence-corrected chi connectivity index (χ3v) is 6.99. The van der Waals surface area contributed by atoms with E-state index >= 15 is 0 Å². The Morgan fingerprint density at radius 3 is 1.96 bits per heavy atom. The van der Waals surface area contributed by atoms with Crippen LogP contribution in [0.3, 0.4) is 0 Å². The van der Waals surface area contributed by atoms with Gasteiger partial charge in [0.25, 0.3) is 0 Å². The first-order chi connectivity index (χ1) is 13.1. The zero-order valence-electron chi connectivity index (χ0n) is 16.1. The fourth-order valence-electron chi connectivity index (χ4n) is 3.20. The predicted octanol–water partition coefficient (Wildman–Crippen LogP) is 8.05. The quantitative estimate of drug-likeness (QED) is 0.379. The van der Waals surface area contributed by atoms with Crippen LogP contribution < -0.4 is 9.92 Å². The zero-order valence-corrected chi connectivity index (χ0v) is 21.7. The summed E-state index contributed by atoms with van der Waals surface area (Å²) in [5.74, 6) is 1.84. The molecule has 2 aromatic rings. The van der Waals surface area contributed by atoms with Gasteiger partial charge in [0, 0.05) is 10.9 Å². The summed E-state index contributed by atoms with van der Waals surface area (Å²) in [6, 6.07) is 18.4. The van der Waals surface area contributed by atoms with E-state index in [0.717, 1.165) is 11.5 Å². The molecule has 0 atom stereocenters. The summed E-state index contributed by atoms with van der Waals surface area (Å²) in [5, 5.41) is 1.28. The first-order valence-corrected chi connectivity index (χ1v) is 20.8. The number of halogens is 4. The van der Waals surface area contributed by atoms with Gasteiger partial charge in [0.05, 0.1) is 0 Å². The Morgan fingerprint density at radius 2 is 1.36 bits per heavy atom. The summed E-state index contributed by atoms with van der Waals surface area (Å²) in [7, 11) is 18.2. The number of rotatable bonds is 4. The monoisotopic (exact) mass is 511 g/mol. The summed E-state index contributed by atoms with van der Waals surface area (Å²) in [6.07, 6.45) is 6.31. The molecule has 0 saturated heterocycles. The minimum atomic E-state index is -3.11. The molecule has 0 amide bonds. The van der Waals surface area contributed by atoms with Crippen LogP contribution in [0.2, 0.25) is 13.1 Å². The van der Waals surface area contributed by atoms with Crippen molar-refractivity contribution in [3.8, 4) is 11.5 Å². The number of ether oxygens (including phenoxy) is 1. The molecule has 0 aliphatic heterocycles. The van der Waals surface area contributed by atoms with Gasteiger partial charge in [0.1, 0.15) is 11.5 Å². The summed E-state index contributed by atoms with van der Waals surface area (Å²) in [4.78, 5) is 0. The molecule has 2 aromatic carbocycles. The van der Waals surface area contributed by atoms with E-state index in [1.165, 1.54) is 43.0 Å². The summed E-state index contributed by atoms with van der Waals surface area (Å²) in [6.45, 7) is 4.64. The van der Waals surface area contributed by atoms with Gasteiger partial charge in [-0.15, -0.1) is 0 Å². The van der Waals surface area contributed by atoms with Gasteiger partial charge >= 0.3 is 49.6 Å². The Hall–Kier alpha value is 0.00117. The fourth-order valence-corrected chi connectivity index (χ4v) is 5.58. The number of para-hydroxylation sites is 2. The SMILES string of the molecule is C[Si](C)(N=C1CCCCC1)c1ccccc1Oc1ccccc1.[Cl][Ti]([Cl])([Cl])[Cl]. The van der Waals surface area contributed by atoms with E-state index in [0.29, 0.717) is 0 Å². The van der Waals surface area contributed by atoms with Gasteiger partial charge in [-0.2, -0.15) is 0 Å². The van der Waals surface area contributed by atoms with E-state index in [1.807, 2.05) is 36.4 Å². The van der Waals surface area contributed by atoms with Crippen LogP contribution in [0.4, 0.5) is 0 Å². The normalized spacial score (nSPS) is 14.7. The molecule has 0 radical (unpaired) electrons. The molecule has 0 aromatic heterocycles. The van der Waals surface area contributed by atoms with E-state index in [-0.39, 0.29) is 0 Å². The van der Waals surface area contributed by atoms with E-state index in [1.54, 1.807) is 0 Å². The molecule has 2 nitrogen and oxygen atoms in total. The third kappa shape index (κ3) is 9.21. The third-order valence-electron chi connectivity index (χ3n) is 4.39. The molecule has 0 heterocycles. The topological polar surface area (TPSA) is 21.6 Å². The van der Waals surface area contributed by atoms with E-state index in [9.17, 15) is 0 Å². The molecule has 0 unspecified atom stereocenters. The molecule has 1 fully saturated rings. The minimum absolute atomic E-state index is 0.884. The molecule has 1 aliphatic rings. The van der Waals surface area contributed by atoms with Crippen LogP contribution in [0, 0.1) is 0 Å². The molecule has 0 N–H and O–H groups in total. The van der Waals surface area contributed by atoms with E-state index in [4.69, 9.17) is 46.6 Å². The van der Waals surface area contributed by atoms with Crippen molar-refractivity contribution in [2.75, 3.05) is 0 Å². The Morgan fingerprint density at radius 1 is 0.821 bits per heavy atom. The molecule has 0 bridgehead atoms.